The molecule has 7 nitrogen and oxygen atoms in total. The van der Waals surface area contributed by atoms with E-state index in [0.717, 1.165) is 11.3 Å². The summed E-state index contributed by atoms with van der Waals surface area (Å²) in [5.74, 6) is 0.0770. The van der Waals surface area contributed by atoms with Gasteiger partial charge in [0.15, 0.2) is 5.78 Å². The number of hydrogen-bond donors (Lipinski definition) is 2. The van der Waals surface area contributed by atoms with Gasteiger partial charge in [0, 0.05) is 48.5 Å². The lowest BCUT2D eigenvalue weighted by molar-refractivity contribution is -0.129. The number of nitrogens with zero attached hydrogens (tertiary/aromatic N) is 3. The van der Waals surface area contributed by atoms with Gasteiger partial charge in [-0.2, -0.15) is 0 Å². The number of ketones is 1. The molecule has 1 unspecified atom stereocenters. The van der Waals surface area contributed by atoms with Crippen LogP contribution < -0.4 is 0 Å². The minimum atomic E-state index is -0.401. The van der Waals surface area contributed by atoms with Crippen LogP contribution in [-0.2, 0) is 16.8 Å². The Kier molecular flexibility index (Phi) is 6.13. The number of aromatic nitrogens is 1. The Labute approximate surface area is 189 Å². The van der Waals surface area contributed by atoms with Crippen LogP contribution in [0.15, 0.2) is 24.3 Å². The van der Waals surface area contributed by atoms with E-state index in [0.29, 0.717) is 28.9 Å². The number of benzene rings is 1. The molecule has 2 N–H and O–H groups in total. The van der Waals surface area contributed by atoms with Crippen LogP contribution >= 0.6 is 0 Å². The van der Waals surface area contributed by atoms with Gasteiger partial charge in [-0.15, -0.1) is 0 Å². The maximum absolute atomic E-state index is 13.3. The molecule has 1 aromatic carbocycles. The van der Waals surface area contributed by atoms with Gasteiger partial charge < -0.3 is 14.9 Å². The zero-order valence-electron chi connectivity index (χ0n) is 19.9. The molecule has 0 aliphatic carbocycles. The third-order valence-electron chi connectivity index (χ3n) is 6.15. The minimum Gasteiger partial charge on any atom is -0.507 e. The van der Waals surface area contributed by atoms with E-state index in [9.17, 15) is 14.7 Å². The molecule has 0 saturated carbocycles. The number of hydrogen-bond acceptors (Lipinski definition) is 5. The number of phenols is 1. The van der Waals surface area contributed by atoms with Crippen LogP contribution in [0, 0.1) is 12.3 Å². The lowest BCUT2D eigenvalue weighted by atomic mass is 9.82. The van der Waals surface area contributed by atoms with Crippen LogP contribution in [0.2, 0.25) is 0 Å². The standard InChI is InChI=1S/C25H32N4O3/c1-14-8-9-17-12-29(24(26)22(17)27-14)13-21(31)18-10-19(15(2)28(7)16(3)30)23(32)20(11-18)25(4,5)6/h8-11,15,26,32H,12-13H2,1-7H3. The van der Waals surface area contributed by atoms with Crippen LogP contribution in [0.1, 0.15) is 79.1 Å². The van der Waals surface area contributed by atoms with Gasteiger partial charge in [0.2, 0.25) is 5.91 Å². The summed E-state index contributed by atoms with van der Waals surface area (Å²) < 4.78 is 0. The van der Waals surface area contributed by atoms with Crippen LogP contribution in [-0.4, -0.2) is 51.0 Å². The number of amidine groups is 1. The van der Waals surface area contributed by atoms with Crippen molar-refractivity contribution < 1.29 is 14.7 Å². The lowest BCUT2D eigenvalue weighted by Crippen LogP contribution is -2.31. The predicted octanol–water partition coefficient (Wildman–Crippen LogP) is 3.96. The number of aromatic hydroxyl groups is 1. The number of aryl methyl sites for hydroxylation is 1. The molecule has 170 valence electrons. The normalized spacial score (nSPS) is 14.3. The minimum absolute atomic E-state index is 0.0406. The van der Waals surface area contributed by atoms with Crippen LogP contribution in [0.25, 0.3) is 0 Å². The first kappa shape index (κ1) is 23.4. The third-order valence-corrected chi connectivity index (χ3v) is 6.15. The second-order valence-electron chi connectivity index (χ2n) is 9.61. The zero-order chi connectivity index (χ0) is 24.0. The Balaban J connectivity index is 1.96. The molecule has 7 heteroatoms. The van der Waals surface area contributed by atoms with Crippen molar-refractivity contribution in [3.05, 3.63) is 57.9 Å². The Morgan fingerprint density at radius 2 is 1.94 bits per heavy atom. The average molecular weight is 437 g/mol. The summed E-state index contributed by atoms with van der Waals surface area (Å²) in [6.45, 7) is 11.6. The molecule has 32 heavy (non-hydrogen) atoms. The van der Waals surface area contributed by atoms with E-state index in [4.69, 9.17) is 5.41 Å². The second kappa shape index (κ2) is 8.37. The summed E-state index contributed by atoms with van der Waals surface area (Å²) >= 11 is 0. The number of Topliss-reactive ketones (excluding diaryl/α,β-unsaturated/α-hetero) is 1. The number of fused-ring (bicyclic) bond motifs is 1. The van der Waals surface area contributed by atoms with E-state index >= 15 is 0 Å². The van der Waals surface area contributed by atoms with Crippen molar-refractivity contribution in [2.75, 3.05) is 13.6 Å². The number of pyridine rings is 1. The second-order valence-corrected chi connectivity index (χ2v) is 9.61. The summed E-state index contributed by atoms with van der Waals surface area (Å²) in [5, 5.41) is 19.5. The highest BCUT2D eigenvalue weighted by Crippen LogP contribution is 2.38. The van der Waals surface area contributed by atoms with Crippen molar-refractivity contribution in [1.29, 1.82) is 5.41 Å². The van der Waals surface area contributed by atoms with Crippen molar-refractivity contribution >= 4 is 17.5 Å². The molecule has 2 heterocycles. The molecular formula is C25H32N4O3. The lowest BCUT2D eigenvalue weighted by Gasteiger charge is -2.29. The molecule has 0 bridgehead atoms. The molecule has 1 aromatic heterocycles. The Hall–Kier alpha value is -3.22. The fourth-order valence-corrected chi connectivity index (χ4v) is 3.94. The van der Waals surface area contributed by atoms with Gasteiger partial charge in [-0.3, -0.25) is 15.0 Å². The fraction of sp³-hybridized carbons (Fsp3) is 0.440. The highest BCUT2D eigenvalue weighted by atomic mass is 16.3. The largest absolute Gasteiger partial charge is 0.507 e. The number of nitrogens with one attached hydrogen (secondary N) is 1. The molecule has 1 amide bonds. The molecule has 0 fully saturated rings. The molecule has 3 rings (SSSR count). The maximum Gasteiger partial charge on any atom is 0.219 e. The Morgan fingerprint density at radius 1 is 1.28 bits per heavy atom. The summed E-state index contributed by atoms with van der Waals surface area (Å²) in [6.07, 6.45) is 0. The molecule has 1 aliphatic rings. The zero-order valence-corrected chi connectivity index (χ0v) is 19.9. The molecule has 1 aliphatic heterocycles. The van der Waals surface area contributed by atoms with Crippen molar-refractivity contribution in [3.8, 4) is 5.75 Å². The van der Waals surface area contributed by atoms with Crippen molar-refractivity contribution in [3.63, 3.8) is 0 Å². The van der Waals surface area contributed by atoms with E-state index in [1.165, 1.54) is 11.8 Å². The van der Waals surface area contributed by atoms with Gasteiger partial charge in [0.05, 0.1) is 12.6 Å². The SMILES string of the molecule is CC(=O)N(C)C(C)c1cc(C(=O)CN2Cc3ccc(C)nc3C2=N)cc(C(C)(C)C)c1O. The highest BCUT2D eigenvalue weighted by Gasteiger charge is 2.30. The number of rotatable bonds is 5. The molecule has 1 atom stereocenters. The summed E-state index contributed by atoms with van der Waals surface area (Å²) in [7, 11) is 1.68. The fourth-order valence-electron chi connectivity index (χ4n) is 3.94. The van der Waals surface area contributed by atoms with Crippen molar-refractivity contribution in [1.82, 2.24) is 14.8 Å². The molecule has 0 saturated heterocycles. The van der Waals surface area contributed by atoms with Gasteiger partial charge in [-0.05, 0) is 37.5 Å². The van der Waals surface area contributed by atoms with E-state index in [1.807, 2.05) is 46.8 Å². The van der Waals surface area contributed by atoms with Gasteiger partial charge in [0.1, 0.15) is 17.3 Å². The smallest absolute Gasteiger partial charge is 0.219 e. The van der Waals surface area contributed by atoms with Crippen LogP contribution in [0.5, 0.6) is 5.75 Å². The molecule has 0 radical (unpaired) electrons. The average Bonchev–Trinajstić information content (AvgIpc) is 3.01. The molecular weight excluding hydrogens is 404 g/mol. The number of amides is 1. The number of phenolic OH excluding ortho intramolecular Hbond substituents is 1. The molecule has 2 aromatic rings. The quantitative estimate of drug-likeness (QED) is 0.692. The van der Waals surface area contributed by atoms with E-state index in [1.54, 1.807) is 24.1 Å². The van der Waals surface area contributed by atoms with E-state index in [2.05, 4.69) is 4.98 Å². The Morgan fingerprint density at radius 3 is 2.53 bits per heavy atom. The van der Waals surface area contributed by atoms with E-state index < -0.39 is 11.5 Å². The number of carbonyl (C=O) groups is 2. The topological polar surface area (TPSA) is 97.6 Å². The monoisotopic (exact) mass is 436 g/mol. The van der Waals surface area contributed by atoms with Gasteiger partial charge >= 0.3 is 0 Å². The maximum atomic E-state index is 13.3. The molecule has 0 spiro atoms. The summed E-state index contributed by atoms with van der Waals surface area (Å²) in [6, 6.07) is 6.87. The van der Waals surface area contributed by atoms with Gasteiger partial charge in [-0.1, -0.05) is 26.8 Å². The predicted molar refractivity (Wildman–Crippen MR) is 124 cm³/mol. The van der Waals surface area contributed by atoms with Gasteiger partial charge in [-0.25, -0.2) is 4.98 Å². The first-order valence-electron chi connectivity index (χ1n) is 10.8. The van der Waals surface area contributed by atoms with E-state index in [-0.39, 0.29) is 29.8 Å². The first-order chi connectivity index (χ1) is 14.8. The van der Waals surface area contributed by atoms with Gasteiger partial charge in [0.25, 0.3) is 0 Å². The highest BCUT2D eigenvalue weighted by molar-refractivity contribution is 6.04. The van der Waals surface area contributed by atoms with Crippen molar-refractivity contribution in [2.45, 2.75) is 59.5 Å². The number of carbonyl (C=O) groups excluding carboxylic acids is 2. The summed E-state index contributed by atoms with van der Waals surface area (Å²) in [4.78, 5) is 32.9. The Bertz CT molecular complexity index is 1100. The van der Waals surface area contributed by atoms with Crippen molar-refractivity contribution in [2.24, 2.45) is 0 Å². The van der Waals surface area contributed by atoms with Crippen LogP contribution in [0.3, 0.4) is 0 Å². The third kappa shape index (κ3) is 4.38. The summed E-state index contributed by atoms with van der Waals surface area (Å²) in [5.41, 5.74) is 3.64. The van der Waals surface area contributed by atoms with Crippen LogP contribution in [0.4, 0.5) is 0 Å². The first-order valence-corrected chi connectivity index (χ1v) is 10.8.